The standard InChI is InChI=1S/C27H37FN6O2/c1-18-21(16-29-23(30-18)33(7)22(35)25(2,3)4)34-17-26(31-24(34)36)11-13-27(14-12-26,32(5)6)19-9-8-10-20(28)15-19/h8-10,15-16H,11-14,17H2,1-7H3,(H,31,36)/t26-,27-. The molecule has 194 valence electrons. The fourth-order valence-corrected chi connectivity index (χ4v) is 5.57. The highest BCUT2D eigenvalue weighted by atomic mass is 19.1. The Morgan fingerprint density at radius 2 is 1.81 bits per heavy atom. The number of aryl methyl sites for hydroxylation is 1. The maximum Gasteiger partial charge on any atom is 0.322 e. The lowest BCUT2D eigenvalue weighted by Crippen LogP contribution is -2.54. The SMILES string of the molecule is Cc1nc(N(C)C(=O)C(C)(C)C)ncc1N1C[C@]2(CC[C@@](c3cccc(F)c3)(N(C)C)CC2)NC1=O. The van der Waals surface area contributed by atoms with Crippen LogP contribution in [0.3, 0.4) is 0 Å². The van der Waals surface area contributed by atoms with Gasteiger partial charge in [0.05, 0.1) is 29.7 Å². The molecule has 0 unspecified atom stereocenters. The summed E-state index contributed by atoms with van der Waals surface area (Å²) in [6, 6.07) is 6.68. The molecule has 1 aromatic heterocycles. The minimum absolute atomic E-state index is 0.0857. The summed E-state index contributed by atoms with van der Waals surface area (Å²) < 4.78 is 14.0. The highest BCUT2D eigenvalue weighted by Gasteiger charge is 2.50. The maximum absolute atomic E-state index is 14.0. The fraction of sp³-hybridized carbons (Fsp3) is 0.556. The third-order valence-corrected chi connectivity index (χ3v) is 7.81. The molecular formula is C27H37FN6O2. The second kappa shape index (κ2) is 9.10. The zero-order chi connectivity index (χ0) is 26.5. The summed E-state index contributed by atoms with van der Waals surface area (Å²) in [5.74, 6) is -0.00506. The predicted octanol–water partition coefficient (Wildman–Crippen LogP) is 4.23. The molecule has 0 bridgehead atoms. The monoisotopic (exact) mass is 496 g/mol. The summed E-state index contributed by atoms with van der Waals surface area (Å²) in [5.41, 5.74) is 1.04. The first-order valence-corrected chi connectivity index (χ1v) is 12.4. The van der Waals surface area contributed by atoms with E-state index in [1.165, 1.54) is 11.0 Å². The molecule has 1 saturated heterocycles. The number of benzene rings is 1. The van der Waals surface area contributed by atoms with Gasteiger partial charge in [-0.2, -0.15) is 0 Å². The molecule has 1 N–H and O–H groups in total. The number of hydrogen-bond acceptors (Lipinski definition) is 5. The third-order valence-electron chi connectivity index (χ3n) is 7.81. The van der Waals surface area contributed by atoms with E-state index in [4.69, 9.17) is 0 Å². The third kappa shape index (κ3) is 4.56. The van der Waals surface area contributed by atoms with Crippen LogP contribution in [0, 0.1) is 18.2 Å². The van der Waals surface area contributed by atoms with Crippen molar-refractivity contribution in [3.8, 4) is 0 Å². The van der Waals surface area contributed by atoms with E-state index >= 15 is 0 Å². The molecule has 0 atom stereocenters. The summed E-state index contributed by atoms with van der Waals surface area (Å²) in [4.78, 5) is 40.0. The molecule has 3 amide bonds. The van der Waals surface area contributed by atoms with Crippen molar-refractivity contribution in [2.75, 3.05) is 37.5 Å². The number of halogens is 1. The Kier molecular flexibility index (Phi) is 6.58. The first kappa shape index (κ1) is 26.0. The average Bonchev–Trinajstić information content (AvgIpc) is 3.13. The molecule has 8 nitrogen and oxygen atoms in total. The van der Waals surface area contributed by atoms with Crippen molar-refractivity contribution in [2.45, 2.75) is 64.5 Å². The summed E-state index contributed by atoms with van der Waals surface area (Å²) in [6.07, 6.45) is 4.76. The van der Waals surface area contributed by atoms with E-state index in [1.807, 2.05) is 47.9 Å². The smallest absolute Gasteiger partial charge is 0.322 e. The van der Waals surface area contributed by atoms with Gasteiger partial charge in [0.15, 0.2) is 0 Å². The molecule has 2 heterocycles. The predicted molar refractivity (Wildman–Crippen MR) is 138 cm³/mol. The number of hydrogen-bond donors (Lipinski definition) is 1. The van der Waals surface area contributed by atoms with E-state index in [9.17, 15) is 14.0 Å². The lowest BCUT2D eigenvalue weighted by atomic mass is 9.69. The minimum Gasteiger partial charge on any atom is -0.330 e. The number of aromatic nitrogens is 2. The molecule has 0 radical (unpaired) electrons. The zero-order valence-corrected chi connectivity index (χ0v) is 22.4. The van der Waals surface area contributed by atoms with Crippen molar-refractivity contribution in [1.82, 2.24) is 20.2 Å². The van der Waals surface area contributed by atoms with Gasteiger partial charge in [0, 0.05) is 18.0 Å². The van der Waals surface area contributed by atoms with Gasteiger partial charge >= 0.3 is 6.03 Å². The van der Waals surface area contributed by atoms with Crippen molar-refractivity contribution in [3.63, 3.8) is 0 Å². The van der Waals surface area contributed by atoms with Crippen LogP contribution in [0.4, 0.5) is 20.8 Å². The first-order valence-electron chi connectivity index (χ1n) is 12.4. The van der Waals surface area contributed by atoms with Crippen molar-refractivity contribution in [3.05, 3.63) is 47.5 Å². The lowest BCUT2D eigenvalue weighted by molar-refractivity contribution is -0.125. The van der Waals surface area contributed by atoms with Gasteiger partial charge in [0.2, 0.25) is 11.9 Å². The van der Waals surface area contributed by atoms with E-state index in [-0.39, 0.29) is 28.8 Å². The molecule has 2 aromatic rings. The van der Waals surface area contributed by atoms with E-state index < -0.39 is 5.41 Å². The number of urea groups is 1. The number of carbonyl (C=O) groups is 2. The van der Waals surface area contributed by atoms with Crippen molar-refractivity contribution in [2.24, 2.45) is 5.41 Å². The second-order valence-corrected chi connectivity index (χ2v) is 11.5. The Labute approximate surface area is 212 Å². The van der Waals surface area contributed by atoms with Crippen LogP contribution >= 0.6 is 0 Å². The van der Waals surface area contributed by atoms with Gasteiger partial charge < -0.3 is 5.32 Å². The lowest BCUT2D eigenvalue weighted by Gasteiger charge is -2.48. The number of nitrogens with one attached hydrogen (secondary N) is 1. The average molecular weight is 497 g/mol. The Balaban J connectivity index is 1.53. The molecule has 1 aliphatic heterocycles. The molecular weight excluding hydrogens is 459 g/mol. The number of rotatable bonds is 4. The van der Waals surface area contributed by atoms with E-state index in [2.05, 4.69) is 20.2 Å². The van der Waals surface area contributed by atoms with Crippen LogP contribution in [0.15, 0.2) is 30.5 Å². The Hall–Kier alpha value is -3.07. The quantitative estimate of drug-likeness (QED) is 0.685. The van der Waals surface area contributed by atoms with Crippen LogP contribution < -0.4 is 15.1 Å². The topological polar surface area (TPSA) is 81.7 Å². The van der Waals surface area contributed by atoms with Crippen LogP contribution in [-0.2, 0) is 10.3 Å². The zero-order valence-electron chi connectivity index (χ0n) is 22.4. The van der Waals surface area contributed by atoms with Crippen molar-refractivity contribution in [1.29, 1.82) is 0 Å². The van der Waals surface area contributed by atoms with Crippen molar-refractivity contribution >= 4 is 23.6 Å². The Morgan fingerprint density at radius 1 is 1.14 bits per heavy atom. The molecule has 1 aliphatic carbocycles. The van der Waals surface area contributed by atoms with Gasteiger partial charge in [-0.25, -0.2) is 19.2 Å². The molecule has 2 aliphatic rings. The largest absolute Gasteiger partial charge is 0.330 e. The van der Waals surface area contributed by atoms with Crippen LogP contribution in [0.5, 0.6) is 0 Å². The van der Waals surface area contributed by atoms with Gasteiger partial charge in [-0.3, -0.25) is 19.5 Å². The minimum atomic E-state index is -0.555. The molecule has 1 aromatic carbocycles. The highest BCUT2D eigenvalue weighted by molar-refractivity contribution is 5.97. The number of carbonyl (C=O) groups excluding carboxylic acids is 2. The van der Waals surface area contributed by atoms with Crippen LogP contribution in [-0.4, -0.2) is 60.0 Å². The molecule has 2 fully saturated rings. The van der Waals surface area contributed by atoms with E-state index in [1.54, 1.807) is 30.3 Å². The highest BCUT2D eigenvalue weighted by Crippen LogP contribution is 2.46. The molecule has 1 saturated carbocycles. The van der Waals surface area contributed by atoms with Gasteiger partial charge in [-0.15, -0.1) is 0 Å². The van der Waals surface area contributed by atoms with E-state index in [0.717, 1.165) is 31.2 Å². The molecule has 36 heavy (non-hydrogen) atoms. The van der Waals surface area contributed by atoms with Crippen LogP contribution in [0.1, 0.15) is 57.7 Å². The second-order valence-electron chi connectivity index (χ2n) is 11.5. The van der Waals surface area contributed by atoms with Gasteiger partial charge in [0.1, 0.15) is 5.82 Å². The van der Waals surface area contributed by atoms with Gasteiger partial charge in [-0.05, 0) is 64.4 Å². The normalized spacial score (nSPS) is 24.4. The molecule has 9 heteroatoms. The summed E-state index contributed by atoms with van der Waals surface area (Å²) in [6.45, 7) is 7.90. The van der Waals surface area contributed by atoms with Gasteiger partial charge in [0.25, 0.3) is 0 Å². The Morgan fingerprint density at radius 3 is 2.36 bits per heavy atom. The first-order chi connectivity index (χ1) is 16.8. The van der Waals surface area contributed by atoms with E-state index in [0.29, 0.717) is 23.9 Å². The number of anilines is 2. The summed E-state index contributed by atoms with van der Waals surface area (Å²) in [5, 5.41) is 3.23. The molecule has 1 spiro atoms. The van der Waals surface area contributed by atoms with Gasteiger partial charge in [-0.1, -0.05) is 32.9 Å². The van der Waals surface area contributed by atoms with Crippen molar-refractivity contribution < 1.29 is 14.0 Å². The maximum atomic E-state index is 14.0. The fourth-order valence-electron chi connectivity index (χ4n) is 5.57. The summed E-state index contributed by atoms with van der Waals surface area (Å²) >= 11 is 0. The summed E-state index contributed by atoms with van der Waals surface area (Å²) in [7, 11) is 5.73. The molecule has 4 rings (SSSR count). The Bertz CT molecular complexity index is 1170. The van der Waals surface area contributed by atoms with Crippen LogP contribution in [0.25, 0.3) is 0 Å². The number of amides is 3. The number of nitrogens with zero attached hydrogens (tertiary/aromatic N) is 5. The van der Waals surface area contributed by atoms with Crippen LogP contribution in [0.2, 0.25) is 0 Å².